The zero-order valence-electron chi connectivity index (χ0n) is 8.51. The molecule has 1 aromatic heterocycles. The smallest absolute Gasteiger partial charge is 0.159 e. The minimum absolute atomic E-state index is 0.501. The van der Waals surface area contributed by atoms with Crippen LogP contribution in [0.4, 0.5) is 8.78 Å². The number of hydrogen-bond acceptors (Lipinski definition) is 1. The molecule has 0 amide bonds. The van der Waals surface area contributed by atoms with Crippen molar-refractivity contribution in [2.24, 2.45) is 0 Å². The Morgan fingerprint density at radius 2 is 1.88 bits per heavy atom. The molecule has 1 nitrogen and oxygen atoms in total. The van der Waals surface area contributed by atoms with Gasteiger partial charge in [-0.05, 0) is 30.7 Å². The Morgan fingerprint density at radius 3 is 2.44 bits per heavy atom. The number of aryl methyl sites for hydroxylation is 1. The molecular weight excluding hydrogens is 234 g/mol. The number of benzene rings is 1. The first-order valence-electron chi connectivity index (χ1n) is 4.72. The molecule has 0 saturated heterocycles. The molecule has 0 bridgehead atoms. The van der Waals surface area contributed by atoms with Gasteiger partial charge in [0.1, 0.15) is 5.76 Å². The van der Waals surface area contributed by atoms with Crippen molar-refractivity contribution in [2.45, 2.75) is 12.3 Å². The highest BCUT2D eigenvalue weighted by atomic mass is 35.5. The Morgan fingerprint density at radius 1 is 1.12 bits per heavy atom. The summed E-state index contributed by atoms with van der Waals surface area (Å²) in [6.45, 7) is 1.79. The second-order valence-electron chi connectivity index (χ2n) is 3.53. The number of halogens is 3. The van der Waals surface area contributed by atoms with Crippen LogP contribution in [0.5, 0.6) is 0 Å². The molecule has 1 atom stereocenters. The lowest BCUT2D eigenvalue weighted by molar-refractivity contribution is 0.507. The topological polar surface area (TPSA) is 13.1 Å². The molecule has 0 fully saturated rings. The third-order valence-electron chi connectivity index (χ3n) is 2.28. The van der Waals surface area contributed by atoms with Gasteiger partial charge in [-0.25, -0.2) is 8.78 Å². The molecule has 0 radical (unpaired) electrons. The Bertz CT molecular complexity index is 507. The summed E-state index contributed by atoms with van der Waals surface area (Å²) < 4.78 is 30.8. The predicted octanol–water partition coefficient (Wildman–Crippen LogP) is 4.19. The van der Waals surface area contributed by atoms with E-state index < -0.39 is 17.0 Å². The molecule has 84 valence electrons. The van der Waals surface area contributed by atoms with Gasteiger partial charge in [-0.1, -0.05) is 6.07 Å². The first-order valence-corrected chi connectivity index (χ1v) is 5.15. The second-order valence-corrected chi connectivity index (χ2v) is 3.96. The number of hydrogen-bond donors (Lipinski definition) is 0. The molecule has 1 aromatic carbocycles. The third-order valence-corrected chi connectivity index (χ3v) is 2.78. The molecule has 0 spiro atoms. The maximum Gasteiger partial charge on any atom is 0.159 e. The van der Waals surface area contributed by atoms with E-state index in [2.05, 4.69) is 0 Å². The van der Waals surface area contributed by atoms with Crippen molar-refractivity contribution >= 4 is 11.6 Å². The highest BCUT2D eigenvalue weighted by Gasteiger charge is 2.15. The van der Waals surface area contributed by atoms with Crippen LogP contribution in [0, 0.1) is 18.6 Å². The van der Waals surface area contributed by atoms with Crippen molar-refractivity contribution in [1.29, 1.82) is 0 Å². The summed E-state index contributed by atoms with van der Waals surface area (Å²) in [6, 6.07) is 5.37. The van der Waals surface area contributed by atoms with Crippen LogP contribution in [0.3, 0.4) is 0 Å². The summed E-state index contributed by atoms with van der Waals surface area (Å²) in [7, 11) is 0. The molecule has 2 rings (SSSR count). The van der Waals surface area contributed by atoms with E-state index in [9.17, 15) is 8.78 Å². The van der Waals surface area contributed by atoms with Crippen molar-refractivity contribution in [3.63, 3.8) is 0 Å². The lowest BCUT2D eigenvalue weighted by Crippen LogP contribution is -1.94. The molecule has 1 heterocycles. The zero-order chi connectivity index (χ0) is 11.7. The van der Waals surface area contributed by atoms with Gasteiger partial charge in [0, 0.05) is 5.56 Å². The van der Waals surface area contributed by atoms with Crippen LogP contribution in [0.25, 0.3) is 0 Å². The Hall–Kier alpha value is -1.35. The predicted molar refractivity (Wildman–Crippen MR) is 57.5 cm³/mol. The van der Waals surface area contributed by atoms with Crippen LogP contribution in [0.2, 0.25) is 0 Å². The van der Waals surface area contributed by atoms with Crippen LogP contribution in [0.15, 0.2) is 34.9 Å². The summed E-state index contributed by atoms with van der Waals surface area (Å²) in [5.74, 6) is -1.05. The first-order chi connectivity index (χ1) is 7.58. The van der Waals surface area contributed by atoms with E-state index in [0.29, 0.717) is 5.56 Å². The van der Waals surface area contributed by atoms with Gasteiger partial charge in [0.05, 0.1) is 11.6 Å². The van der Waals surface area contributed by atoms with Crippen molar-refractivity contribution in [3.05, 3.63) is 59.1 Å². The van der Waals surface area contributed by atoms with Gasteiger partial charge in [0.2, 0.25) is 0 Å². The quantitative estimate of drug-likeness (QED) is 0.720. The van der Waals surface area contributed by atoms with Crippen LogP contribution in [-0.2, 0) is 0 Å². The van der Waals surface area contributed by atoms with Crippen LogP contribution in [-0.4, -0.2) is 0 Å². The van der Waals surface area contributed by atoms with Crippen molar-refractivity contribution < 1.29 is 13.2 Å². The molecule has 0 saturated carbocycles. The SMILES string of the molecule is Cc1cc(C(Cl)c2ccc(F)c(F)c2)co1. The van der Waals surface area contributed by atoms with Gasteiger partial charge >= 0.3 is 0 Å². The van der Waals surface area contributed by atoms with E-state index in [-0.39, 0.29) is 0 Å². The standard InChI is InChI=1S/C12H9ClF2O/c1-7-4-9(6-16-7)12(13)8-2-3-10(14)11(15)5-8/h2-6,12H,1H3. The van der Waals surface area contributed by atoms with E-state index in [4.69, 9.17) is 16.0 Å². The van der Waals surface area contributed by atoms with E-state index >= 15 is 0 Å². The fourth-order valence-corrected chi connectivity index (χ4v) is 1.71. The highest BCUT2D eigenvalue weighted by molar-refractivity contribution is 6.22. The summed E-state index contributed by atoms with van der Waals surface area (Å²) in [5.41, 5.74) is 1.23. The Labute approximate surface area is 96.6 Å². The zero-order valence-corrected chi connectivity index (χ0v) is 9.26. The average molecular weight is 243 g/mol. The van der Waals surface area contributed by atoms with Gasteiger partial charge in [0.25, 0.3) is 0 Å². The minimum Gasteiger partial charge on any atom is -0.469 e. The van der Waals surface area contributed by atoms with E-state index in [1.165, 1.54) is 12.3 Å². The first kappa shape index (κ1) is 11.1. The van der Waals surface area contributed by atoms with Gasteiger partial charge in [-0.2, -0.15) is 0 Å². The molecule has 16 heavy (non-hydrogen) atoms. The van der Waals surface area contributed by atoms with Crippen LogP contribution < -0.4 is 0 Å². The van der Waals surface area contributed by atoms with Gasteiger partial charge in [0.15, 0.2) is 11.6 Å². The fraction of sp³-hybridized carbons (Fsp3) is 0.167. The number of rotatable bonds is 2. The lowest BCUT2D eigenvalue weighted by Gasteiger charge is -2.07. The minimum atomic E-state index is -0.900. The normalized spacial score (nSPS) is 12.8. The third kappa shape index (κ3) is 2.09. The number of alkyl halides is 1. The molecule has 0 aliphatic heterocycles. The Kier molecular flexibility index (Phi) is 2.97. The van der Waals surface area contributed by atoms with Crippen molar-refractivity contribution in [3.8, 4) is 0 Å². The maximum absolute atomic E-state index is 13.0. The summed E-state index contributed by atoms with van der Waals surface area (Å²) >= 11 is 6.12. The summed E-state index contributed by atoms with van der Waals surface area (Å²) in [5, 5.41) is -0.535. The van der Waals surface area contributed by atoms with Crippen molar-refractivity contribution in [2.75, 3.05) is 0 Å². The molecular formula is C12H9ClF2O. The largest absolute Gasteiger partial charge is 0.469 e. The van der Waals surface area contributed by atoms with Crippen molar-refractivity contribution in [1.82, 2.24) is 0 Å². The molecule has 1 unspecified atom stereocenters. The molecule has 0 aliphatic rings. The molecule has 0 aliphatic carbocycles. The number of furan rings is 1. The van der Waals surface area contributed by atoms with Gasteiger partial charge < -0.3 is 4.42 Å². The van der Waals surface area contributed by atoms with E-state index in [1.54, 1.807) is 13.0 Å². The Balaban J connectivity index is 2.33. The summed E-state index contributed by atoms with van der Waals surface area (Å²) in [4.78, 5) is 0. The van der Waals surface area contributed by atoms with E-state index in [1.807, 2.05) is 0 Å². The summed E-state index contributed by atoms with van der Waals surface area (Å²) in [6.07, 6.45) is 1.51. The van der Waals surface area contributed by atoms with Gasteiger partial charge in [-0.3, -0.25) is 0 Å². The monoisotopic (exact) mass is 242 g/mol. The molecule has 4 heteroatoms. The molecule has 0 N–H and O–H groups in total. The highest BCUT2D eigenvalue weighted by Crippen LogP contribution is 2.30. The molecule has 2 aromatic rings. The second kappa shape index (κ2) is 4.26. The fourth-order valence-electron chi connectivity index (χ4n) is 1.46. The lowest BCUT2D eigenvalue weighted by atomic mass is 10.1. The van der Waals surface area contributed by atoms with E-state index in [0.717, 1.165) is 23.5 Å². The van der Waals surface area contributed by atoms with Crippen LogP contribution >= 0.6 is 11.6 Å². The van der Waals surface area contributed by atoms with Crippen LogP contribution in [0.1, 0.15) is 22.3 Å². The average Bonchev–Trinajstić information content (AvgIpc) is 2.68. The van der Waals surface area contributed by atoms with Gasteiger partial charge in [-0.15, -0.1) is 11.6 Å². The maximum atomic E-state index is 13.0.